The minimum Gasteiger partial charge on any atom is -0.478 e. The van der Waals surface area contributed by atoms with E-state index in [-0.39, 0.29) is 37.1 Å². The van der Waals surface area contributed by atoms with Gasteiger partial charge in [0, 0.05) is 38.2 Å². The molecule has 2 rings (SSSR count). The Morgan fingerprint density at radius 2 is 1.92 bits per heavy atom. The molecule has 1 aliphatic rings. The van der Waals surface area contributed by atoms with E-state index in [4.69, 9.17) is 14.6 Å². The molecular formula is C25H37N7O6. The Labute approximate surface area is 222 Å². The Hall–Kier alpha value is -4.03. The van der Waals surface area contributed by atoms with E-state index in [1.165, 1.54) is 12.4 Å². The van der Waals surface area contributed by atoms with Gasteiger partial charge < -0.3 is 29.7 Å². The Morgan fingerprint density at radius 1 is 1.26 bits per heavy atom. The number of anilines is 1. The zero-order valence-corrected chi connectivity index (χ0v) is 22.8. The number of nitrogens with one attached hydrogen (secondary N) is 1. The van der Waals surface area contributed by atoms with Crippen molar-refractivity contribution in [3.05, 3.63) is 29.7 Å². The summed E-state index contributed by atoms with van der Waals surface area (Å²) in [4.78, 5) is 56.3. The fourth-order valence-corrected chi connectivity index (χ4v) is 3.29. The van der Waals surface area contributed by atoms with Crippen LogP contribution in [0.5, 0.6) is 0 Å². The summed E-state index contributed by atoms with van der Waals surface area (Å²) in [6.45, 7) is 16.0. The Kier molecular flexibility index (Phi) is 10.7. The Bertz CT molecular complexity index is 1060. The van der Waals surface area contributed by atoms with Gasteiger partial charge in [-0.3, -0.25) is 0 Å². The van der Waals surface area contributed by atoms with Gasteiger partial charge in [-0.15, -0.1) is 0 Å². The first-order valence-electron chi connectivity index (χ1n) is 12.2. The van der Waals surface area contributed by atoms with Crippen molar-refractivity contribution in [2.24, 2.45) is 15.9 Å². The van der Waals surface area contributed by atoms with Crippen LogP contribution < -0.4 is 10.2 Å². The average Bonchev–Trinajstić information content (AvgIpc) is 2.85. The zero-order chi connectivity index (χ0) is 28.5. The largest absolute Gasteiger partial charge is 0.478 e. The summed E-state index contributed by atoms with van der Waals surface area (Å²) in [6, 6.07) is -0.788. The zero-order valence-electron chi connectivity index (χ0n) is 22.8. The van der Waals surface area contributed by atoms with Crippen LogP contribution >= 0.6 is 0 Å². The smallest absolute Gasteiger partial charge is 0.407 e. The monoisotopic (exact) mass is 531 g/mol. The van der Waals surface area contributed by atoms with Gasteiger partial charge in [0.1, 0.15) is 11.6 Å². The van der Waals surface area contributed by atoms with E-state index in [0.29, 0.717) is 19.0 Å². The SMILES string of the molecule is C=NC(=N/C=C(\C)CNC(=O)OC(C)(C)C)N1CCN(c2ncc(C(=O)O)cn2)[C@H](C(=O)OCC(C)C)C1. The van der Waals surface area contributed by atoms with E-state index in [2.05, 4.69) is 32.0 Å². The third-order valence-electron chi connectivity index (χ3n) is 5.09. The highest BCUT2D eigenvalue weighted by Gasteiger charge is 2.36. The molecule has 1 aromatic rings. The standard InChI is InChI=1S/C25H37N7O6/c1-16(2)15-37-21(35)19-14-31(8-9-32(19)23-28-12-18(13-29-23)20(33)34)22(26-7)27-10-17(3)11-30-24(36)38-25(4,5)6/h10,12-13,16,19H,7-9,11,14-15H2,1-6H3,(H,30,36)(H,33,34)/b17-10+,27-22?/t19-/m0/s1. The van der Waals surface area contributed by atoms with Crippen LogP contribution in [0.15, 0.2) is 34.2 Å². The molecule has 1 aromatic heterocycles. The molecular weight excluding hydrogens is 494 g/mol. The summed E-state index contributed by atoms with van der Waals surface area (Å²) in [5.74, 6) is -0.949. The van der Waals surface area contributed by atoms with E-state index in [1.807, 2.05) is 13.8 Å². The Morgan fingerprint density at radius 3 is 2.47 bits per heavy atom. The summed E-state index contributed by atoms with van der Waals surface area (Å²) < 4.78 is 10.7. The average molecular weight is 532 g/mol. The number of carboxylic acid groups (broad SMARTS) is 1. The number of esters is 1. The van der Waals surface area contributed by atoms with Crippen molar-refractivity contribution in [3.63, 3.8) is 0 Å². The first-order valence-corrected chi connectivity index (χ1v) is 12.2. The minimum absolute atomic E-state index is 0.0556. The van der Waals surface area contributed by atoms with Crippen LogP contribution in [0.1, 0.15) is 51.9 Å². The summed E-state index contributed by atoms with van der Waals surface area (Å²) in [6.07, 6.45) is 3.43. The lowest BCUT2D eigenvalue weighted by molar-refractivity contribution is -0.147. The minimum atomic E-state index is -1.14. The third kappa shape index (κ3) is 9.45. The molecule has 1 saturated heterocycles. The highest BCUT2D eigenvalue weighted by atomic mass is 16.6. The molecule has 0 radical (unpaired) electrons. The second-order valence-corrected chi connectivity index (χ2v) is 10.2. The molecule has 38 heavy (non-hydrogen) atoms. The number of amides is 1. The van der Waals surface area contributed by atoms with Crippen LogP contribution in [0.2, 0.25) is 0 Å². The number of nitrogens with zero attached hydrogens (tertiary/aromatic N) is 6. The first-order chi connectivity index (χ1) is 17.8. The number of aromatic carboxylic acids is 1. The molecule has 208 valence electrons. The van der Waals surface area contributed by atoms with E-state index in [9.17, 15) is 14.4 Å². The van der Waals surface area contributed by atoms with Crippen LogP contribution in [-0.2, 0) is 14.3 Å². The molecule has 0 saturated carbocycles. The number of alkyl carbamates (subject to hydrolysis) is 1. The van der Waals surface area contributed by atoms with Crippen molar-refractivity contribution in [3.8, 4) is 0 Å². The lowest BCUT2D eigenvalue weighted by Crippen LogP contribution is -2.58. The van der Waals surface area contributed by atoms with Gasteiger partial charge in [0.2, 0.25) is 11.9 Å². The van der Waals surface area contributed by atoms with E-state index < -0.39 is 29.7 Å². The Balaban J connectivity index is 2.18. The van der Waals surface area contributed by atoms with Gasteiger partial charge in [-0.1, -0.05) is 13.8 Å². The predicted molar refractivity (Wildman–Crippen MR) is 142 cm³/mol. The summed E-state index contributed by atoms with van der Waals surface area (Å²) in [7, 11) is 0. The van der Waals surface area contributed by atoms with Crippen molar-refractivity contribution >= 4 is 36.7 Å². The number of hydrogen-bond acceptors (Lipinski definition) is 9. The maximum absolute atomic E-state index is 13.0. The van der Waals surface area contributed by atoms with E-state index in [1.54, 1.807) is 43.7 Å². The molecule has 0 unspecified atom stereocenters. The highest BCUT2D eigenvalue weighted by molar-refractivity contribution is 5.88. The number of piperazine rings is 1. The van der Waals surface area contributed by atoms with Gasteiger partial charge in [0.15, 0.2) is 0 Å². The number of aromatic nitrogens is 2. The lowest BCUT2D eigenvalue weighted by Gasteiger charge is -2.40. The summed E-state index contributed by atoms with van der Waals surface area (Å²) in [5.41, 5.74) is 0.0911. The number of ether oxygens (including phenoxy) is 2. The van der Waals surface area contributed by atoms with Gasteiger partial charge in [-0.25, -0.2) is 34.3 Å². The van der Waals surface area contributed by atoms with Crippen molar-refractivity contribution in [1.29, 1.82) is 0 Å². The number of guanidine groups is 1. The van der Waals surface area contributed by atoms with E-state index >= 15 is 0 Å². The molecule has 1 fully saturated rings. The number of aliphatic imine (C=N–C) groups is 2. The number of carboxylic acids is 1. The molecule has 1 amide bonds. The quantitative estimate of drug-likeness (QED) is 0.290. The number of carbonyl (C=O) groups excluding carboxylic acids is 2. The molecule has 0 aliphatic carbocycles. The van der Waals surface area contributed by atoms with Crippen LogP contribution in [0.4, 0.5) is 10.7 Å². The number of hydrogen-bond donors (Lipinski definition) is 2. The van der Waals surface area contributed by atoms with Gasteiger partial charge in [-0.2, -0.15) is 0 Å². The molecule has 0 spiro atoms. The molecule has 13 nitrogen and oxygen atoms in total. The normalized spacial score (nSPS) is 16.8. The van der Waals surface area contributed by atoms with Crippen molar-refractivity contribution in [2.75, 3.05) is 37.7 Å². The second kappa shape index (κ2) is 13.5. The van der Waals surface area contributed by atoms with Crippen molar-refractivity contribution in [1.82, 2.24) is 20.2 Å². The third-order valence-corrected chi connectivity index (χ3v) is 5.09. The maximum Gasteiger partial charge on any atom is 0.407 e. The predicted octanol–water partition coefficient (Wildman–Crippen LogP) is 2.35. The molecule has 0 aromatic carbocycles. The molecule has 1 aliphatic heterocycles. The lowest BCUT2D eigenvalue weighted by atomic mass is 10.1. The molecule has 1 atom stereocenters. The highest BCUT2D eigenvalue weighted by Crippen LogP contribution is 2.19. The molecule has 0 bridgehead atoms. The maximum atomic E-state index is 13.0. The van der Waals surface area contributed by atoms with Crippen LogP contribution in [-0.4, -0.2) is 95.1 Å². The summed E-state index contributed by atoms with van der Waals surface area (Å²) >= 11 is 0. The number of carbonyl (C=O) groups is 3. The first kappa shape index (κ1) is 30.2. The summed E-state index contributed by atoms with van der Waals surface area (Å²) in [5, 5.41) is 11.8. The van der Waals surface area contributed by atoms with Crippen LogP contribution in [0, 0.1) is 5.92 Å². The molecule has 2 N–H and O–H groups in total. The topological polar surface area (TPSA) is 159 Å². The number of rotatable bonds is 8. The fraction of sp³-hybridized carbons (Fsp3) is 0.560. The second-order valence-electron chi connectivity index (χ2n) is 10.2. The van der Waals surface area contributed by atoms with Gasteiger partial charge in [0.25, 0.3) is 0 Å². The van der Waals surface area contributed by atoms with Crippen LogP contribution in [0.3, 0.4) is 0 Å². The van der Waals surface area contributed by atoms with Gasteiger partial charge >= 0.3 is 18.0 Å². The van der Waals surface area contributed by atoms with Crippen molar-refractivity contribution < 1.29 is 29.0 Å². The van der Waals surface area contributed by atoms with Crippen LogP contribution in [0.25, 0.3) is 0 Å². The van der Waals surface area contributed by atoms with Gasteiger partial charge in [0.05, 0.1) is 18.7 Å². The van der Waals surface area contributed by atoms with E-state index in [0.717, 1.165) is 5.57 Å². The van der Waals surface area contributed by atoms with Gasteiger partial charge in [-0.05, 0) is 45.9 Å². The fourth-order valence-electron chi connectivity index (χ4n) is 3.29. The van der Waals surface area contributed by atoms with Crippen molar-refractivity contribution in [2.45, 2.75) is 53.2 Å². The molecule has 2 heterocycles. The molecule has 13 heteroatoms.